The third-order valence-corrected chi connectivity index (χ3v) is 8.15. The third-order valence-electron chi connectivity index (χ3n) is 3.71. The van der Waals surface area contributed by atoms with Crippen LogP contribution in [0.5, 0.6) is 0 Å². The van der Waals surface area contributed by atoms with Crippen LogP contribution in [0.2, 0.25) is 0 Å². The van der Waals surface area contributed by atoms with Crippen LogP contribution in [0.15, 0.2) is 78.9 Å². The minimum absolute atomic E-state index is 0.874. The number of hydrogen-bond donors (Lipinski definition) is 0. The largest absolute Gasteiger partial charge is 0.248 e. The second-order valence-electron chi connectivity index (χ2n) is 5.14. The first kappa shape index (κ1) is 14.4. The molecule has 0 atom stereocenters. The van der Waals surface area contributed by atoms with Gasteiger partial charge in [-0.05, 0) is 36.1 Å². The lowest BCUT2D eigenvalue weighted by atomic mass is 10.1. The predicted octanol–water partition coefficient (Wildman–Crippen LogP) is 5.11. The molecule has 0 bridgehead atoms. The van der Waals surface area contributed by atoms with Crippen LogP contribution in [0.25, 0.3) is 0 Å². The Morgan fingerprint density at radius 1 is 0.727 bits per heavy atom. The number of hydrogen-bond acceptors (Lipinski definition) is 3. The lowest BCUT2D eigenvalue weighted by Gasteiger charge is -2.19. The van der Waals surface area contributed by atoms with Crippen molar-refractivity contribution in [1.29, 1.82) is 0 Å². The summed E-state index contributed by atoms with van der Waals surface area (Å²) in [5.74, 6) is 0. The normalized spacial score (nSPS) is 16.6. The molecule has 0 saturated heterocycles. The van der Waals surface area contributed by atoms with Crippen molar-refractivity contribution >= 4 is 34.3 Å². The maximum atomic E-state index is 12.9. The first-order valence-electron chi connectivity index (χ1n) is 7.15. The Labute approximate surface area is 141 Å². The van der Waals surface area contributed by atoms with Gasteiger partial charge >= 0.3 is 0 Å². The maximum Gasteiger partial charge on any atom is 0.0979 e. The minimum atomic E-state index is -1.06. The Morgan fingerprint density at radius 3 is 1.68 bits per heavy atom. The maximum absolute atomic E-state index is 12.9. The average Bonchev–Trinajstić information content (AvgIpc) is 2.60. The second-order valence-corrected chi connectivity index (χ2v) is 9.24. The summed E-state index contributed by atoms with van der Waals surface area (Å²) >= 11 is 3.29. The summed E-state index contributed by atoms with van der Waals surface area (Å²) in [4.78, 5) is 2.46. The molecule has 0 fully saturated rings. The Morgan fingerprint density at radius 2 is 1.18 bits per heavy atom. The van der Waals surface area contributed by atoms with Gasteiger partial charge in [0.15, 0.2) is 0 Å². The molecule has 1 nitrogen and oxygen atoms in total. The van der Waals surface area contributed by atoms with Crippen LogP contribution in [0.4, 0.5) is 0 Å². The number of thioether (sulfide) groups is 2. The van der Waals surface area contributed by atoms with Gasteiger partial charge in [0.1, 0.15) is 0 Å². The van der Waals surface area contributed by atoms with Crippen molar-refractivity contribution < 1.29 is 4.21 Å². The van der Waals surface area contributed by atoms with Crippen molar-refractivity contribution in [2.45, 2.75) is 22.6 Å². The van der Waals surface area contributed by atoms with E-state index < -0.39 is 10.8 Å². The monoisotopic (exact) mass is 342 g/mol. The molecule has 2 aromatic rings. The highest BCUT2D eigenvalue weighted by atomic mass is 32.3. The summed E-state index contributed by atoms with van der Waals surface area (Å²) in [7, 11) is -1.06. The number of allylic oxidation sites excluding steroid dienone is 2. The number of benzene rings is 2. The molecule has 4 heteroatoms. The van der Waals surface area contributed by atoms with E-state index in [-0.39, 0.29) is 0 Å². The lowest BCUT2D eigenvalue weighted by molar-refractivity contribution is 0.692. The fourth-order valence-electron chi connectivity index (χ4n) is 2.56. The average molecular weight is 343 g/mol. The summed E-state index contributed by atoms with van der Waals surface area (Å²) in [6.07, 6.45) is 5.98. The molecule has 0 radical (unpaired) electrons. The molecule has 2 aliphatic rings. The predicted molar refractivity (Wildman–Crippen MR) is 96.3 cm³/mol. The second kappa shape index (κ2) is 6.11. The molecule has 2 heterocycles. The lowest BCUT2D eigenvalue weighted by Crippen LogP contribution is -2.03. The Kier molecular flexibility index (Phi) is 3.99. The van der Waals surface area contributed by atoms with E-state index in [9.17, 15) is 4.21 Å². The first-order valence-corrected chi connectivity index (χ1v) is 9.93. The van der Waals surface area contributed by atoms with Crippen molar-refractivity contribution in [3.63, 3.8) is 0 Å². The van der Waals surface area contributed by atoms with Gasteiger partial charge in [0.2, 0.25) is 0 Å². The quantitative estimate of drug-likeness (QED) is 0.754. The molecule has 2 aliphatic heterocycles. The van der Waals surface area contributed by atoms with E-state index in [1.807, 2.05) is 12.1 Å². The zero-order valence-electron chi connectivity index (χ0n) is 11.8. The Bertz CT molecular complexity index is 753. The molecular weight excluding hydrogens is 328 g/mol. The van der Waals surface area contributed by atoms with E-state index in [4.69, 9.17) is 0 Å². The molecule has 2 aromatic carbocycles. The zero-order valence-corrected chi connectivity index (χ0v) is 14.3. The van der Waals surface area contributed by atoms with Gasteiger partial charge in [-0.2, -0.15) is 0 Å². The van der Waals surface area contributed by atoms with Crippen LogP contribution >= 0.6 is 23.5 Å². The van der Waals surface area contributed by atoms with E-state index in [2.05, 4.69) is 48.6 Å². The fourth-order valence-corrected chi connectivity index (χ4v) is 6.69. The van der Waals surface area contributed by atoms with Crippen LogP contribution in [0, 0.1) is 0 Å². The van der Waals surface area contributed by atoms with Crippen LogP contribution in [0.1, 0.15) is 11.1 Å². The molecule has 22 heavy (non-hydrogen) atoms. The van der Waals surface area contributed by atoms with Crippen LogP contribution in [-0.4, -0.2) is 4.21 Å². The molecule has 0 saturated carbocycles. The molecule has 0 amide bonds. The molecular formula is C18H14OS3. The molecule has 0 aliphatic carbocycles. The van der Waals surface area contributed by atoms with Gasteiger partial charge in [-0.3, -0.25) is 0 Å². The minimum Gasteiger partial charge on any atom is -0.248 e. The van der Waals surface area contributed by atoms with Crippen molar-refractivity contribution in [3.8, 4) is 0 Å². The summed E-state index contributed by atoms with van der Waals surface area (Å²) in [5.41, 5.74) is 2.65. The summed E-state index contributed by atoms with van der Waals surface area (Å²) < 4.78 is 14.8. The van der Waals surface area contributed by atoms with Crippen LogP contribution in [0.3, 0.4) is 0 Å². The highest BCUT2D eigenvalue weighted by Crippen LogP contribution is 2.43. The molecule has 0 spiro atoms. The highest BCUT2D eigenvalue weighted by molar-refractivity contribution is 8.25. The van der Waals surface area contributed by atoms with Gasteiger partial charge in [-0.25, -0.2) is 4.21 Å². The first-order chi connectivity index (χ1) is 10.8. The van der Waals surface area contributed by atoms with E-state index >= 15 is 0 Å². The third kappa shape index (κ3) is 2.71. The fraction of sp³-hybridized carbons (Fsp3) is 0.111. The molecule has 110 valence electrons. The molecule has 0 aromatic heterocycles. The standard InChI is InChI=1S/C18H14OS3/c19-22(17-11-9-13-5-1-3-7-15(13)20-17)18-12-10-14-6-2-4-8-16(14)21-18/h1-8,11-12H,9-10H2. The highest BCUT2D eigenvalue weighted by Gasteiger charge is 2.22. The van der Waals surface area contributed by atoms with Crippen molar-refractivity contribution in [2.75, 3.05) is 0 Å². The topological polar surface area (TPSA) is 17.1 Å². The van der Waals surface area contributed by atoms with E-state index in [0.717, 1.165) is 21.3 Å². The van der Waals surface area contributed by atoms with Gasteiger partial charge in [0.25, 0.3) is 0 Å². The van der Waals surface area contributed by atoms with Crippen molar-refractivity contribution in [1.82, 2.24) is 0 Å². The van der Waals surface area contributed by atoms with Crippen molar-refractivity contribution in [2.24, 2.45) is 0 Å². The smallest absolute Gasteiger partial charge is 0.0979 e. The molecule has 4 rings (SSSR count). The van der Waals surface area contributed by atoms with E-state index in [0.29, 0.717) is 0 Å². The van der Waals surface area contributed by atoms with Gasteiger partial charge in [-0.1, -0.05) is 72.1 Å². The van der Waals surface area contributed by atoms with E-state index in [1.165, 1.54) is 20.9 Å². The number of fused-ring (bicyclic) bond motifs is 2. The zero-order chi connectivity index (χ0) is 14.9. The molecule has 0 unspecified atom stereocenters. The Hall–Kier alpha value is -1.23. The van der Waals surface area contributed by atoms with E-state index in [1.54, 1.807) is 23.5 Å². The van der Waals surface area contributed by atoms with Gasteiger partial charge < -0.3 is 0 Å². The SMILES string of the molecule is O=S(C1=CCc2ccccc2S1)C1=CCc2ccccc2S1. The van der Waals surface area contributed by atoms with Gasteiger partial charge in [0.05, 0.1) is 19.3 Å². The summed E-state index contributed by atoms with van der Waals surface area (Å²) in [6, 6.07) is 16.7. The van der Waals surface area contributed by atoms with Crippen molar-refractivity contribution in [3.05, 3.63) is 80.3 Å². The summed E-state index contributed by atoms with van der Waals surface area (Å²) in [6.45, 7) is 0. The van der Waals surface area contributed by atoms with Gasteiger partial charge in [0, 0.05) is 9.79 Å². The molecule has 0 N–H and O–H groups in total. The summed E-state index contributed by atoms with van der Waals surface area (Å²) in [5, 5.41) is 0. The van der Waals surface area contributed by atoms with Gasteiger partial charge in [-0.15, -0.1) is 0 Å². The number of rotatable bonds is 2. The van der Waals surface area contributed by atoms with Crippen LogP contribution < -0.4 is 0 Å². The Balaban J connectivity index is 1.57. The van der Waals surface area contributed by atoms with Crippen LogP contribution in [-0.2, 0) is 23.6 Å².